The lowest BCUT2D eigenvalue weighted by molar-refractivity contribution is 0.0925. The molecule has 2 N–H and O–H groups in total. The van der Waals surface area contributed by atoms with Crippen LogP contribution in [0.5, 0.6) is 0 Å². The monoisotopic (exact) mass is 249 g/mol. The van der Waals surface area contributed by atoms with Crippen LogP contribution in [-0.4, -0.2) is 36.7 Å². The molecule has 0 saturated carbocycles. The highest BCUT2D eigenvalue weighted by molar-refractivity contribution is 5.92. The van der Waals surface area contributed by atoms with Gasteiger partial charge in [0, 0.05) is 13.2 Å². The third kappa shape index (κ3) is 3.43. The molecule has 0 spiro atoms. The van der Waals surface area contributed by atoms with Crippen molar-refractivity contribution in [2.75, 3.05) is 25.1 Å². The molecule has 1 amide bonds. The molecule has 98 valence electrons. The van der Waals surface area contributed by atoms with Crippen LogP contribution in [0.2, 0.25) is 0 Å². The average Bonchev–Trinajstić information content (AvgIpc) is 2.89. The van der Waals surface area contributed by atoms with E-state index >= 15 is 0 Å². The Morgan fingerprint density at radius 3 is 3.17 bits per heavy atom. The molecule has 1 saturated heterocycles. The molecular formula is C13H19N3O2. The highest BCUT2D eigenvalue weighted by atomic mass is 16.5. The normalized spacial score (nSPS) is 18.6. The van der Waals surface area contributed by atoms with Gasteiger partial charge in [-0.25, -0.2) is 4.98 Å². The van der Waals surface area contributed by atoms with Gasteiger partial charge in [-0.1, -0.05) is 13.0 Å². The molecule has 5 nitrogen and oxygen atoms in total. The Balaban J connectivity index is 1.96. The number of pyridine rings is 1. The summed E-state index contributed by atoms with van der Waals surface area (Å²) in [4.78, 5) is 16.3. The van der Waals surface area contributed by atoms with Crippen molar-refractivity contribution in [2.45, 2.75) is 25.8 Å². The lowest BCUT2D eigenvalue weighted by atomic mass is 10.2. The summed E-state index contributed by atoms with van der Waals surface area (Å²) in [5, 5.41) is 6.09. The number of carbonyl (C=O) groups excluding carboxylic acids is 1. The van der Waals surface area contributed by atoms with Gasteiger partial charge in [0.2, 0.25) is 0 Å². The molecule has 0 aromatic carbocycles. The second kappa shape index (κ2) is 6.35. The van der Waals surface area contributed by atoms with E-state index in [1.807, 2.05) is 12.1 Å². The van der Waals surface area contributed by atoms with Crippen LogP contribution in [-0.2, 0) is 4.74 Å². The summed E-state index contributed by atoms with van der Waals surface area (Å²) in [6.07, 6.45) is 1.90. The van der Waals surface area contributed by atoms with Gasteiger partial charge in [0.15, 0.2) is 0 Å². The minimum Gasteiger partial charge on any atom is -0.379 e. The molecule has 0 aliphatic carbocycles. The van der Waals surface area contributed by atoms with Crippen molar-refractivity contribution in [1.29, 1.82) is 0 Å². The van der Waals surface area contributed by atoms with E-state index in [-0.39, 0.29) is 11.9 Å². The largest absolute Gasteiger partial charge is 0.379 e. The van der Waals surface area contributed by atoms with Crippen LogP contribution in [0.15, 0.2) is 18.2 Å². The Hall–Kier alpha value is -1.62. The molecule has 0 radical (unpaired) electrons. The van der Waals surface area contributed by atoms with E-state index in [0.717, 1.165) is 31.8 Å². The SMILES string of the molecule is CCCNc1cccc(C(=O)NC2CCOC2)n1. The van der Waals surface area contributed by atoms with Crippen LogP contribution in [0.1, 0.15) is 30.3 Å². The van der Waals surface area contributed by atoms with Crippen molar-refractivity contribution < 1.29 is 9.53 Å². The van der Waals surface area contributed by atoms with Gasteiger partial charge in [-0.15, -0.1) is 0 Å². The first kappa shape index (κ1) is 12.8. The van der Waals surface area contributed by atoms with Crippen molar-refractivity contribution in [3.63, 3.8) is 0 Å². The molecule has 2 heterocycles. The maximum Gasteiger partial charge on any atom is 0.270 e. The van der Waals surface area contributed by atoms with E-state index in [1.165, 1.54) is 0 Å². The molecule has 0 bridgehead atoms. The predicted molar refractivity (Wildman–Crippen MR) is 69.7 cm³/mol. The predicted octanol–water partition coefficient (Wildman–Crippen LogP) is 1.42. The molecule has 1 atom stereocenters. The molecule has 1 fully saturated rings. The lowest BCUT2D eigenvalue weighted by Crippen LogP contribution is -2.35. The standard InChI is InChI=1S/C13H19N3O2/c1-2-7-14-12-5-3-4-11(16-12)13(17)15-10-6-8-18-9-10/h3-5,10H,2,6-9H2,1H3,(H,14,16)(H,15,17). The van der Waals surface area contributed by atoms with Crippen LogP contribution in [0.4, 0.5) is 5.82 Å². The van der Waals surface area contributed by atoms with Crippen molar-refractivity contribution in [3.8, 4) is 0 Å². The molecule has 1 aliphatic heterocycles. The number of nitrogens with one attached hydrogen (secondary N) is 2. The summed E-state index contributed by atoms with van der Waals surface area (Å²) in [6, 6.07) is 5.55. The lowest BCUT2D eigenvalue weighted by Gasteiger charge is -2.11. The number of aromatic nitrogens is 1. The zero-order valence-corrected chi connectivity index (χ0v) is 10.6. The highest BCUT2D eigenvalue weighted by Crippen LogP contribution is 2.07. The summed E-state index contributed by atoms with van der Waals surface area (Å²) >= 11 is 0. The van der Waals surface area contributed by atoms with E-state index in [1.54, 1.807) is 6.07 Å². The summed E-state index contributed by atoms with van der Waals surface area (Å²) in [5.74, 6) is 0.609. The number of carbonyl (C=O) groups is 1. The second-order valence-corrected chi connectivity index (χ2v) is 4.37. The molecule has 1 aromatic rings. The van der Waals surface area contributed by atoms with Crippen LogP contribution in [0.3, 0.4) is 0 Å². The second-order valence-electron chi connectivity index (χ2n) is 4.37. The smallest absolute Gasteiger partial charge is 0.270 e. The van der Waals surface area contributed by atoms with Crippen LogP contribution in [0.25, 0.3) is 0 Å². The van der Waals surface area contributed by atoms with Crippen molar-refractivity contribution in [3.05, 3.63) is 23.9 Å². The Labute approximate surface area is 107 Å². The molecule has 18 heavy (non-hydrogen) atoms. The fraction of sp³-hybridized carbons (Fsp3) is 0.538. The van der Waals surface area contributed by atoms with Crippen LogP contribution in [0, 0.1) is 0 Å². The number of rotatable bonds is 5. The number of amides is 1. The molecule has 1 aromatic heterocycles. The average molecular weight is 249 g/mol. The third-order valence-corrected chi connectivity index (χ3v) is 2.80. The fourth-order valence-electron chi connectivity index (χ4n) is 1.82. The topological polar surface area (TPSA) is 63.2 Å². The maximum absolute atomic E-state index is 12.0. The maximum atomic E-state index is 12.0. The first-order chi connectivity index (χ1) is 8.79. The van der Waals surface area contributed by atoms with Gasteiger partial charge < -0.3 is 15.4 Å². The Kier molecular flexibility index (Phi) is 4.52. The Morgan fingerprint density at radius 2 is 2.44 bits per heavy atom. The Bertz CT molecular complexity index is 403. The zero-order chi connectivity index (χ0) is 12.8. The third-order valence-electron chi connectivity index (χ3n) is 2.80. The van der Waals surface area contributed by atoms with Crippen molar-refractivity contribution in [1.82, 2.24) is 10.3 Å². The van der Waals surface area contributed by atoms with Gasteiger partial charge in [-0.2, -0.15) is 0 Å². The zero-order valence-electron chi connectivity index (χ0n) is 10.6. The molecule has 1 aliphatic rings. The van der Waals surface area contributed by atoms with Gasteiger partial charge in [0.25, 0.3) is 5.91 Å². The molecule has 5 heteroatoms. The quantitative estimate of drug-likeness (QED) is 0.828. The Morgan fingerprint density at radius 1 is 1.56 bits per heavy atom. The number of ether oxygens (including phenoxy) is 1. The van der Waals surface area contributed by atoms with E-state index in [2.05, 4.69) is 22.5 Å². The first-order valence-electron chi connectivity index (χ1n) is 6.39. The number of anilines is 1. The van der Waals surface area contributed by atoms with Gasteiger partial charge in [0.05, 0.1) is 12.6 Å². The summed E-state index contributed by atoms with van der Waals surface area (Å²) in [5.41, 5.74) is 0.447. The molecular weight excluding hydrogens is 230 g/mol. The fourth-order valence-corrected chi connectivity index (χ4v) is 1.82. The van der Waals surface area contributed by atoms with E-state index in [4.69, 9.17) is 4.74 Å². The van der Waals surface area contributed by atoms with Gasteiger partial charge in [-0.3, -0.25) is 4.79 Å². The van der Waals surface area contributed by atoms with E-state index < -0.39 is 0 Å². The van der Waals surface area contributed by atoms with Gasteiger partial charge >= 0.3 is 0 Å². The number of nitrogens with zero attached hydrogens (tertiary/aromatic N) is 1. The van der Waals surface area contributed by atoms with Gasteiger partial charge in [-0.05, 0) is 25.0 Å². The molecule has 2 rings (SSSR count). The summed E-state index contributed by atoms with van der Waals surface area (Å²) in [6.45, 7) is 4.26. The number of hydrogen-bond donors (Lipinski definition) is 2. The first-order valence-corrected chi connectivity index (χ1v) is 6.39. The van der Waals surface area contributed by atoms with Crippen molar-refractivity contribution >= 4 is 11.7 Å². The van der Waals surface area contributed by atoms with Gasteiger partial charge in [0.1, 0.15) is 11.5 Å². The minimum absolute atomic E-state index is 0.117. The number of hydrogen-bond acceptors (Lipinski definition) is 4. The van der Waals surface area contributed by atoms with Crippen molar-refractivity contribution in [2.24, 2.45) is 0 Å². The van der Waals surface area contributed by atoms with E-state index in [0.29, 0.717) is 12.3 Å². The highest BCUT2D eigenvalue weighted by Gasteiger charge is 2.19. The van der Waals surface area contributed by atoms with Crippen LogP contribution < -0.4 is 10.6 Å². The minimum atomic E-state index is -0.134. The van der Waals surface area contributed by atoms with Crippen LogP contribution >= 0.6 is 0 Å². The molecule has 1 unspecified atom stereocenters. The summed E-state index contributed by atoms with van der Waals surface area (Å²) < 4.78 is 5.22. The summed E-state index contributed by atoms with van der Waals surface area (Å²) in [7, 11) is 0. The van der Waals surface area contributed by atoms with E-state index in [9.17, 15) is 4.79 Å².